The van der Waals surface area contributed by atoms with Crippen molar-refractivity contribution in [3.8, 4) is 0 Å². The molecule has 24 heavy (non-hydrogen) atoms. The Kier molecular flexibility index (Phi) is 3.50. The first-order valence-electron chi connectivity index (χ1n) is 7.64. The fraction of sp³-hybridized carbons (Fsp3) is 0.0500. The minimum atomic E-state index is -0.382. The first-order valence-corrected chi connectivity index (χ1v) is 7.64. The Hall–Kier alpha value is -3.14. The van der Waals surface area contributed by atoms with Crippen LogP contribution in [0, 0.1) is 5.82 Å². The summed E-state index contributed by atoms with van der Waals surface area (Å²) >= 11 is 0. The van der Waals surface area contributed by atoms with Gasteiger partial charge >= 0.3 is 0 Å². The molecule has 0 unspecified atom stereocenters. The molecule has 1 heterocycles. The van der Waals surface area contributed by atoms with Crippen LogP contribution in [0.5, 0.6) is 0 Å². The van der Waals surface area contributed by atoms with Crippen molar-refractivity contribution in [1.29, 1.82) is 0 Å². The number of hydrogen-bond donors (Lipinski definition) is 1. The molecule has 1 amide bonds. The zero-order valence-corrected chi connectivity index (χ0v) is 12.8. The molecule has 0 aliphatic rings. The van der Waals surface area contributed by atoms with Crippen LogP contribution in [-0.4, -0.2) is 5.91 Å². The highest BCUT2D eigenvalue weighted by molar-refractivity contribution is 6.09. The molecule has 118 valence electrons. The van der Waals surface area contributed by atoms with Gasteiger partial charge in [-0.2, -0.15) is 0 Å². The summed E-state index contributed by atoms with van der Waals surface area (Å²) in [5, 5.41) is 5.81. The summed E-state index contributed by atoms with van der Waals surface area (Å²) < 4.78 is 18.8. The maximum absolute atomic E-state index is 13.2. The number of halogens is 1. The zero-order valence-electron chi connectivity index (χ0n) is 12.8. The van der Waals surface area contributed by atoms with Gasteiger partial charge in [0, 0.05) is 16.6 Å². The second kappa shape index (κ2) is 5.81. The van der Waals surface area contributed by atoms with Crippen molar-refractivity contribution in [2.24, 2.45) is 0 Å². The lowest BCUT2D eigenvalue weighted by Gasteiger charge is -2.05. The highest BCUT2D eigenvalue weighted by Gasteiger charge is 2.13. The van der Waals surface area contributed by atoms with Crippen LogP contribution in [0.2, 0.25) is 0 Å². The van der Waals surface area contributed by atoms with Crippen LogP contribution in [0.1, 0.15) is 5.56 Å². The summed E-state index contributed by atoms with van der Waals surface area (Å²) in [5.41, 5.74) is 2.01. The summed E-state index contributed by atoms with van der Waals surface area (Å²) in [6.07, 6.45) is 1.78. The molecule has 0 bridgehead atoms. The lowest BCUT2D eigenvalue weighted by atomic mass is 10.0. The summed E-state index contributed by atoms with van der Waals surface area (Å²) in [7, 11) is 0. The molecule has 0 atom stereocenters. The average molecular weight is 319 g/mol. The van der Waals surface area contributed by atoms with Gasteiger partial charge in [0.25, 0.3) is 0 Å². The van der Waals surface area contributed by atoms with E-state index in [0.717, 1.165) is 27.3 Å². The van der Waals surface area contributed by atoms with Gasteiger partial charge in [0.05, 0.1) is 12.7 Å². The first kappa shape index (κ1) is 14.5. The smallest absolute Gasteiger partial charge is 0.228 e. The summed E-state index contributed by atoms with van der Waals surface area (Å²) in [6, 6.07) is 17.7. The Balaban J connectivity index is 1.67. The van der Waals surface area contributed by atoms with E-state index >= 15 is 0 Å². The van der Waals surface area contributed by atoms with E-state index in [1.165, 1.54) is 12.1 Å². The highest BCUT2D eigenvalue weighted by atomic mass is 19.1. The van der Waals surface area contributed by atoms with Gasteiger partial charge in [-0.25, -0.2) is 4.39 Å². The normalized spacial score (nSPS) is 11.0. The molecule has 3 aromatic carbocycles. The molecular weight excluding hydrogens is 305 g/mol. The van der Waals surface area contributed by atoms with Gasteiger partial charge in [-0.15, -0.1) is 0 Å². The minimum absolute atomic E-state index is 0.164. The molecule has 0 radical (unpaired) electrons. The van der Waals surface area contributed by atoms with E-state index in [0.29, 0.717) is 5.69 Å². The Labute approximate surface area is 137 Å². The number of fused-ring (bicyclic) bond motifs is 3. The molecule has 4 rings (SSSR count). The van der Waals surface area contributed by atoms with Gasteiger partial charge < -0.3 is 9.73 Å². The van der Waals surface area contributed by atoms with Crippen LogP contribution in [0.4, 0.5) is 10.1 Å². The van der Waals surface area contributed by atoms with Crippen molar-refractivity contribution >= 4 is 33.3 Å². The van der Waals surface area contributed by atoms with Crippen molar-refractivity contribution in [3.05, 3.63) is 78.3 Å². The van der Waals surface area contributed by atoms with Crippen molar-refractivity contribution in [2.45, 2.75) is 6.42 Å². The van der Waals surface area contributed by atoms with Crippen molar-refractivity contribution in [3.63, 3.8) is 0 Å². The topological polar surface area (TPSA) is 42.2 Å². The highest BCUT2D eigenvalue weighted by Crippen LogP contribution is 2.30. The summed E-state index contributed by atoms with van der Waals surface area (Å²) in [5.74, 6) is -0.594. The molecule has 3 nitrogen and oxygen atoms in total. The van der Waals surface area contributed by atoms with Gasteiger partial charge in [0.2, 0.25) is 5.91 Å². The molecular formula is C20H14FNO2. The average Bonchev–Trinajstić information content (AvgIpc) is 2.98. The Bertz CT molecular complexity index is 1050. The molecule has 0 fully saturated rings. The number of carbonyl (C=O) groups excluding carboxylic acids is 1. The van der Waals surface area contributed by atoms with E-state index in [-0.39, 0.29) is 18.1 Å². The Morgan fingerprint density at radius 1 is 1.04 bits per heavy atom. The second-order valence-electron chi connectivity index (χ2n) is 5.66. The predicted octanol–water partition coefficient (Wildman–Crippen LogP) is 4.91. The van der Waals surface area contributed by atoms with Crippen LogP contribution in [-0.2, 0) is 11.2 Å². The number of amides is 1. The van der Waals surface area contributed by atoms with E-state index in [9.17, 15) is 9.18 Å². The lowest BCUT2D eigenvalue weighted by molar-refractivity contribution is -0.115. The maximum Gasteiger partial charge on any atom is 0.228 e. The van der Waals surface area contributed by atoms with Crippen molar-refractivity contribution in [1.82, 2.24) is 0 Å². The number of anilines is 1. The van der Waals surface area contributed by atoms with Crippen LogP contribution in [0.3, 0.4) is 0 Å². The quantitative estimate of drug-likeness (QED) is 0.583. The number of benzene rings is 3. The monoisotopic (exact) mass is 319 g/mol. The fourth-order valence-electron chi connectivity index (χ4n) is 2.95. The van der Waals surface area contributed by atoms with Gasteiger partial charge in [-0.1, -0.05) is 36.4 Å². The third-order valence-electron chi connectivity index (χ3n) is 4.00. The third-order valence-corrected chi connectivity index (χ3v) is 4.00. The molecule has 0 saturated heterocycles. The number of hydrogen-bond acceptors (Lipinski definition) is 2. The van der Waals surface area contributed by atoms with Gasteiger partial charge in [0.1, 0.15) is 11.4 Å². The molecule has 0 aliphatic heterocycles. The number of carbonyl (C=O) groups is 1. The minimum Gasteiger partial charge on any atom is -0.464 e. The van der Waals surface area contributed by atoms with Crippen LogP contribution >= 0.6 is 0 Å². The molecule has 0 aliphatic carbocycles. The third kappa shape index (κ3) is 2.63. The summed E-state index contributed by atoms with van der Waals surface area (Å²) in [6.45, 7) is 0. The maximum atomic E-state index is 13.2. The standard InChI is InChI=1S/C20H14FNO2/c21-15-5-3-6-16(11-15)22-19(23)10-14-12-24-18-9-8-13-4-1-2-7-17(13)20(14)18/h1-9,11-12H,10H2,(H,22,23). The van der Waals surface area contributed by atoms with Crippen LogP contribution in [0.25, 0.3) is 21.7 Å². The van der Waals surface area contributed by atoms with E-state index in [1.54, 1.807) is 18.4 Å². The van der Waals surface area contributed by atoms with Crippen LogP contribution in [0.15, 0.2) is 71.3 Å². The fourth-order valence-corrected chi connectivity index (χ4v) is 2.95. The Morgan fingerprint density at radius 3 is 2.79 bits per heavy atom. The lowest BCUT2D eigenvalue weighted by Crippen LogP contribution is -2.14. The SMILES string of the molecule is O=C(Cc1coc2ccc3ccccc3c12)Nc1cccc(F)c1. The number of furan rings is 1. The first-order chi connectivity index (χ1) is 11.7. The van der Waals surface area contributed by atoms with Gasteiger partial charge in [-0.05, 0) is 35.0 Å². The van der Waals surface area contributed by atoms with E-state index in [1.807, 2.05) is 36.4 Å². The molecule has 1 aromatic heterocycles. The largest absolute Gasteiger partial charge is 0.464 e. The van der Waals surface area contributed by atoms with Crippen LogP contribution < -0.4 is 5.32 Å². The number of rotatable bonds is 3. The van der Waals surface area contributed by atoms with Gasteiger partial charge in [0.15, 0.2) is 0 Å². The molecule has 4 heteroatoms. The molecule has 0 spiro atoms. The molecule has 0 saturated carbocycles. The van der Waals surface area contributed by atoms with Crippen molar-refractivity contribution in [2.75, 3.05) is 5.32 Å². The zero-order chi connectivity index (χ0) is 16.5. The number of nitrogens with one attached hydrogen (secondary N) is 1. The van der Waals surface area contributed by atoms with Crippen molar-refractivity contribution < 1.29 is 13.6 Å². The van der Waals surface area contributed by atoms with E-state index in [4.69, 9.17) is 4.42 Å². The molecule has 1 N–H and O–H groups in total. The van der Waals surface area contributed by atoms with E-state index < -0.39 is 0 Å². The second-order valence-corrected chi connectivity index (χ2v) is 5.66. The molecule has 4 aromatic rings. The summed E-state index contributed by atoms with van der Waals surface area (Å²) in [4.78, 5) is 12.3. The Morgan fingerprint density at radius 2 is 1.92 bits per heavy atom. The predicted molar refractivity (Wildman–Crippen MR) is 92.5 cm³/mol. The van der Waals surface area contributed by atoms with Gasteiger partial charge in [-0.3, -0.25) is 4.79 Å². The van der Waals surface area contributed by atoms with E-state index in [2.05, 4.69) is 5.32 Å².